The molecule has 0 aliphatic heterocycles. The van der Waals surface area contributed by atoms with E-state index in [9.17, 15) is 9.59 Å². The lowest BCUT2D eigenvalue weighted by atomic mass is 10.1. The van der Waals surface area contributed by atoms with Crippen molar-refractivity contribution in [2.24, 2.45) is 0 Å². The van der Waals surface area contributed by atoms with Gasteiger partial charge in [-0.05, 0) is 32.4 Å². The number of hydrogen-bond donors (Lipinski definition) is 0. The molecule has 1 aromatic heterocycles. The third-order valence-corrected chi connectivity index (χ3v) is 3.17. The maximum absolute atomic E-state index is 12.5. The number of aromatic nitrogens is 1. The summed E-state index contributed by atoms with van der Waals surface area (Å²) in [7, 11) is 0. The van der Waals surface area contributed by atoms with Gasteiger partial charge in [0.15, 0.2) is 0 Å². The van der Waals surface area contributed by atoms with Crippen molar-refractivity contribution < 1.29 is 14.3 Å². The molecule has 110 valence electrons. The number of nitrogens with zero attached hydrogens (tertiary/aromatic N) is 2. The zero-order valence-electron chi connectivity index (χ0n) is 12.3. The molecule has 0 aliphatic rings. The van der Waals surface area contributed by atoms with Gasteiger partial charge in [-0.15, -0.1) is 0 Å². The molecular weight excluding hydrogens is 256 g/mol. The average Bonchev–Trinajstić information content (AvgIpc) is 2.48. The molecule has 1 aromatic rings. The number of rotatable bonds is 7. The highest BCUT2D eigenvalue weighted by atomic mass is 16.5. The Bertz CT molecular complexity index is 434. The maximum Gasteiger partial charge on any atom is 0.307 e. The quantitative estimate of drug-likeness (QED) is 0.718. The van der Waals surface area contributed by atoms with Crippen LogP contribution in [-0.4, -0.2) is 41.0 Å². The van der Waals surface area contributed by atoms with Crippen LogP contribution in [0.3, 0.4) is 0 Å². The van der Waals surface area contributed by atoms with Crippen LogP contribution in [0.5, 0.6) is 0 Å². The summed E-state index contributed by atoms with van der Waals surface area (Å²) in [5.41, 5.74) is 0.587. The van der Waals surface area contributed by atoms with Gasteiger partial charge in [0.1, 0.15) is 0 Å². The number of amides is 1. The first-order chi connectivity index (χ1) is 9.60. The second-order valence-electron chi connectivity index (χ2n) is 4.55. The molecule has 20 heavy (non-hydrogen) atoms. The minimum atomic E-state index is -0.275. The predicted octanol–water partition coefficient (Wildman–Crippen LogP) is 2.28. The summed E-state index contributed by atoms with van der Waals surface area (Å²) in [6, 6.07) is 3.44. The molecule has 0 radical (unpaired) electrons. The molecule has 0 saturated carbocycles. The Kier molecular flexibility index (Phi) is 6.70. The molecule has 1 atom stereocenters. The number of carbonyl (C=O) groups is 2. The zero-order chi connectivity index (χ0) is 15.0. The van der Waals surface area contributed by atoms with Crippen molar-refractivity contribution in [2.45, 2.75) is 39.7 Å². The topological polar surface area (TPSA) is 59.5 Å². The molecule has 1 amide bonds. The summed E-state index contributed by atoms with van der Waals surface area (Å²) >= 11 is 0. The van der Waals surface area contributed by atoms with Gasteiger partial charge < -0.3 is 9.64 Å². The molecule has 0 aromatic carbocycles. The fraction of sp³-hybridized carbons (Fsp3) is 0.533. The first kappa shape index (κ1) is 16.1. The van der Waals surface area contributed by atoms with E-state index in [0.29, 0.717) is 18.7 Å². The predicted molar refractivity (Wildman–Crippen MR) is 76.3 cm³/mol. The van der Waals surface area contributed by atoms with Crippen molar-refractivity contribution in [2.75, 3.05) is 13.2 Å². The Balaban J connectivity index is 2.74. The SMILES string of the molecule is CCOC(=O)CCN(C(=O)c1ccncc1)C(C)CC. The van der Waals surface area contributed by atoms with Gasteiger partial charge >= 0.3 is 5.97 Å². The Morgan fingerprint density at radius 1 is 1.30 bits per heavy atom. The monoisotopic (exact) mass is 278 g/mol. The molecule has 0 spiro atoms. The summed E-state index contributed by atoms with van der Waals surface area (Å²) in [5, 5.41) is 0. The van der Waals surface area contributed by atoms with Crippen LogP contribution < -0.4 is 0 Å². The van der Waals surface area contributed by atoms with Crippen LogP contribution in [0.1, 0.15) is 44.0 Å². The molecule has 5 heteroatoms. The zero-order valence-corrected chi connectivity index (χ0v) is 12.3. The van der Waals surface area contributed by atoms with Gasteiger partial charge in [0.25, 0.3) is 5.91 Å². The Hall–Kier alpha value is -1.91. The van der Waals surface area contributed by atoms with Crippen molar-refractivity contribution in [3.05, 3.63) is 30.1 Å². The second kappa shape index (κ2) is 8.30. The minimum absolute atomic E-state index is 0.0742. The van der Waals surface area contributed by atoms with Crippen molar-refractivity contribution in [3.63, 3.8) is 0 Å². The Morgan fingerprint density at radius 2 is 1.95 bits per heavy atom. The lowest BCUT2D eigenvalue weighted by Gasteiger charge is -2.28. The largest absolute Gasteiger partial charge is 0.466 e. The van der Waals surface area contributed by atoms with Crippen LogP contribution in [0.2, 0.25) is 0 Å². The fourth-order valence-corrected chi connectivity index (χ4v) is 1.85. The number of pyridine rings is 1. The summed E-state index contributed by atoms with van der Waals surface area (Å²) in [6.07, 6.45) is 4.23. The van der Waals surface area contributed by atoms with Gasteiger partial charge in [0.2, 0.25) is 0 Å². The van der Waals surface area contributed by atoms with E-state index in [1.807, 2.05) is 13.8 Å². The summed E-state index contributed by atoms with van der Waals surface area (Å²) in [5.74, 6) is -0.352. The van der Waals surface area contributed by atoms with E-state index >= 15 is 0 Å². The van der Waals surface area contributed by atoms with Gasteiger partial charge in [-0.25, -0.2) is 0 Å². The van der Waals surface area contributed by atoms with Crippen molar-refractivity contribution in [1.82, 2.24) is 9.88 Å². The molecule has 1 rings (SSSR count). The maximum atomic E-state index is 12.5. The van der Waals surface area contributed by atoms with Crippen molar-refractivity contribution >= 4 is 11.9 Å². The molecule has 1 heterocycles. The van der Waals surface area contributed by atoms with Crippen LogP contribution in [-0.2, 0) is 9.53 Å². The smallest absolute Gasteiger partial charge is 0.307 e. The number of carbonyl (C=O) groups excluding carboxylic acids is 2. The third kappa shape index (κ3) is 4.64. The van der Waals surface area contributed by atoms with Crippen LogP contribution in [0.25, 0.3) is 0 Å². The first-order valence-electron chi connectivity index (χ1n) is 6.96. The number of ether oxygens (including phenoxy) is 1. The highest BCUT2D eigenvalue weighted by Gasteiger charge is 2.21. The van der Waals surface area contributed by atoms with Crippen LogP contribution in [0.4, 0.5) is 0 Å². The van der Waals surface area contributed by atoms with E-state index < -0.39 is 0 Å². The van der Waals surface area contributed by atoms with Gasteiger partial charge in [0.05, 0.1) is 13.0 Å². The van der Waals surface area contributed by atoms with E-state index in [1.165, 1.54) is 0 Å². The molecular formula is C15H22N2O3. The van der Waals surface area contributed by atoms with Crippen LogP contribution >= 0.6 is 0 Å². The van der Waals surface area contributed by atoms with Crippen molar-refractivity contribution in [1.29, 1.82) is 0 Å². The lowest BCUT2D eigenvalue weighted by molar-refractivity contribution is -0.143. The van der Waals surface area contributed by atoms with E-state index in [-0.39, 0.29) is 24.3 Å². The van der Waals surface area contributed by atoms with Crippen LogP contribution in [0, 0.1) is 0 Å². The summed E-state index contributed by atoms with van der Waals surface area (Å²) < 4.78 is 4.90. The number of esters is 1. The van der Waals surface area contributed by atoms with Gasteiger partial charge in [-0.3, -0.25) is 14.6 Å². The summed E-state index contributed by atoms with van der Waals surface area (Å²) in [4.78, 5) is 29.5. The van der Waals surface area contributed by atoms with Gasteiger partial charge in [-0.1, -0.05) is 6.92 Å². The molecule has 0 aliphatic carbocycles. The fourth-order valence-electron chi connectivity index (χ4n) is 1.85. The molecule has 0 fully saturated rings. The molecule has 0 saturated heterocycles. The van der Waals surface area contributed by atoms with E-state index in [1.54, 1.807) is 36.4 Å². The molecule has 1 unspecified atom stereocenters. The highest BCUT2D eigenvalue weighted by Crippen LogP contribution is 2.11. The van der Waals surface area contributed by atoms with E-state index in [0.717, 1.165) is 6.42 Å². The Labute approximate surface area is 119 Å². The first-order valence-corrected chi connectivity index (χ1v) is 6.96. The molecule has 0 bridgehead atoms. The van der Waals surface area contributed by atoms with E-state index in [4.69, 9.17) is 4.74 Å². The Morgan fingerprint density at radius 3 is 2.50 bits per heavy atom. The van der Waals surface area contributed by atoms with Crippen LogP contribution in [0.15, 0.2) is 24.5 Å². The van der Waals surface area contributed by atoms with Crippen molar-refractivity contribution in [3.8, 4) is 0 Å². The molecule has 5 nitrogen and oxygen atoms in total. The highest BCUT2D eigenvalue weighted by molar-refractivity contribution is 5.94. The third-order valence-electron chi connectivity index (χ3n) is 3.17. The number of hydrogen-bond acceptors (Lipinski definition) is 4. The standard InChI is InChI=1S/C15H22N2O3/c1-4-12(3)17(11-8-14(18)20-5-2)15(19)13-6-9-16-10-7-13/h6-7,9-10,12H,4-5,8,11H2,1-3H3. The second-order valence-corrected chi connectivity index (χ2v) is 4.55. The molecule has 0 N–H and O–H groups in total. The normalized spacial score (nSPS) is 11.8. The van der Waals surface area contributed by atoms with Gasteiger partial charge in [-0.2, -0.15) is 0 Å². The average molecular weight is 278 g/mol. The van der Waals surface area contributed by atoms with E-state index in [2.05, 4.69) is 4.98 Å². The minimum Gasteiger partial charge on any atom is -0.466 e. The lowest BCUT2D eigenvalue weighted by Crippen LogP contribution is -2.39. The van der Waals surface area contributed by atoms with Gasteiger partial charge in [0, 0.05) is 30.5 Å². The summed E-state index contributed by atoms with van der Waals surface area (Å²) in [6.45, 7) is 6.49.